The number of hydrogen-bond acceptors (Lipinski definition) is 3. The van der Waals surface area contributed by atoms with Crippen LogP contribution in [0, 0.1) is 5.82 Å². The molecule has 19 heavy (non-hydrogen) atoms. The second-order valence-corrected chi connectivity index (χ2v) is 6.67. The Morgan fingerprint density at radius 3 is 3.00 bits per heavy atom. The van der Waals surface area contributed by atoms with Crippen molar-refractivity contribution in [1.29, 1.82) is 0 Å². The lowest BCUT2D eigenvalue weighted by molar-refractivity contribution is 0.617. The molecule has 0 aliphatic carbocycles. The van der Waals surface area contributed by atoms with Crippen LogP contribution in [0.2, 0.25) is 0 Å². The summed E-state index contributed by atoms with van der Waals surface area (Å²) in [5.41, 5.74) is 2.06. The number of rotatable bonds is 5. The standard InChI is InChI=1S/C15H23FN2S/c1-3-4-17-10-13-7-14(16)9-15(8-13)18-5-6-19-12(2)11-18/h7-9,12,17H,3-6,10-11H2,1-2H3. The molecule has 0 spiro atoms. The summed E-state index contributed by atoms with van der Waals surface area (Å²) in [6.45, 7) is 8.12. The van der Waals surface area contributed by atoms with Crippen LogP contribution < -0.4 is 10.2 Å². The van der Waals surface area contributed by atoms with Gasteiger partial charge in [0, 0.05) is 36.3 Å². The molecular weight excluding hydrogens is 259 g/mol. The molecule has 1 heterocycles. The molecule has 106 valence electrons. The van der Waals surface area contributed by atoms with Gasteiger partial charge in [0.15, 0.2) is 0 Å². The molecule has 1 N–H and O–H groups in total. The van der Waals surface area contributed by atoms with Gasteiger partial charge in [-0.15, -0.1) is 0 Å². The third-order valence-electron chi connectivity index (χ3n) is 3.30. The molecule has 4 heteroatoms. The van der Waals surface area contributed by atoms with Gasteiger partial charge in [0.25, 0.3) is 0 Å². The molecule has 0 bridgehead atoms. The highest BCUT2D eigenvalue weighted by Gasteiger charge is 2.17. The highest BCUT2D eigenvalue weighted by Crippen LogP contribution is 2.25. The van der Waals surface area contributed by atoms with Crippen LogP contribution in [0.15, 0.2) is 18.2 Å². The van der Waals surface area contributed by atoms with Crippen molar-refractivity contribution in [2.45, 2.75) is 32.1 Å². The smallest absolute Gasteiger partial charge is 0.125 e. The first kappa shape index (κ1) is 14.7. The normalized spacial score (nSPS) is 19.7. The molecule has 1 aliphatic heterocycles. The lowest BCUT2D eigenvalue weighted by atomic mass is 10.1. The highest BCUT2D eigenvalue weighted by atomic mass is 32.2. The van der Waals surface area contributed by atoms with Gasteiger partial charge in [-0.05, 0) is 36.7 Å². The topological polar surface area (TPSA) is 15.3 Å². The Labute approximate surface area is 119 Å². The van der Waals surface area contributed by atoms with Crippen LogP contribution in [-0.4, -0.2) is 30.6 Å². The van der Waals surface area contributed by atoms with E-state index in [9.17, 15) is 4.39 Å². The van der Waals surface area contributed by atoms with E-state index in [-0.39, 0.29) is 5.82 Å². The maximum Gasteiger partial charge on any atom is 0.125 e. The van der Waals surface area contributed by atoms with Crippen LogP contribution in [-0.2, 0) is 6.54 Å². The molecular formula is C15H23FN2S. The molecule has 1 atom stereocenters. The summed E-state index contributed by atoms with van der Waals surface area (Å²) in [4.78, 5) is 2.30. The number of nitrogens with zero attached hydrogens (tertiary/aromatic N) is 1. The molecule has 1 aromatic carbocycles. The first-order valence-electron chi connectivity index (χ1n) is 7.05. The molecule has 2 rings (SSSR count). The quantitative estimate of drug-likeness (QED) is 0.835. The van der Waals surface area contributed by atoms with Crippen LogP contribution in [0.25, 0.3) is 0 Å². The Morgan fingerprint density at radius 1 is 1.42 bits per heavy atom. The molecule has 0 saturated carbocycles. The van der Waals surface area contributed by atoms with Gasteiger partial charge >= 0.3 is 0 Å². The molecule has 2 nitrogen and oxygen atoms in total. The average Bonchev–Trinajstić information content (AvgIpc) is 2.38. The Morgan fingerprint density at radius 2 is 2.26 bits per heavy atom. The number of benzene rings is 1. The fourth-order valence-electron chi connectivity index (χ4n) is 2.38. The largest absolute Gasteiger partial charge is 0.370 e. The second kappa shape index (κ2) is 7.15. The predicted octanol–water partition coefficient (Wildman–Crippen LogP) is 3.27. The summed E-state index contributed by atoms with van der Waals surface area (Å²) >= 11 is 1.99. The minimum atomic E-state index is -0.128. The third-order valence-corrected chi connectivity index (χ3v) is 4.44. The van der Waals surface area contributed by atoms with E-state index in [4.69, 9.17) is 0 Å². The summed E-state index contributed by atoms with van der Waals surface area (Å²) in [5.74, 6) is 0.998. The van der Waals surface area contributed by atoms with Crippen molar-refractivity contribution < 1.29 is 4.39 Å². The minimum Gasteiger partial charge on any atom is -0.370 e. The molecule has 1 fully saturated rings. The number of thioether (sulfide) groups is 1. The van der Waals surface area contributed by atoms with Gasteiger partial charge in [0.1, 0.15) is 5.82 Å². The lowest BCUT2D eigenvalue weighted by Gasteiger charge is -2.32. The summed E-state index contributed by atoms with van der Waals surface area (Å²) in [7, 11) is 0. The zero-order valence-electron chi connectivity index (χ0n) is 11.8. The summed E-state index contributed by atoms with van der Waals surface area (Å²) in [6, 6.07) is 5.41. The monoisotopic (exact) mass is 282 g/mol. The second-order valence-electron chi connectivity index (χ2n) is 5.12. The van der Waals surface area contributed by atoms with Crippen molar-refractivity contribution in [3.63, 3.8) is 0 Å². The Balaban J connectivity index is 2.07. The first-order chi connectivity index (χ1) is 9.19. The van der Waals surface area contributed by atoms with Crippen LogP contribution in [0.5, 0.6) is 0 Å². The van der Waals surface area contributed by atoms with E-state index in [1.807, 2.05) is 11.8 Å². The van der Waals surface area contributed by atoms with Gasteiger partial charge in [0.2, 0.25) is 0 Å². The van der Waals surface area contributed by atoms with Gasteiger partial charge in [-0.2, -0.15) is 11.8 Å². The van der Waals surface area contributed by atoms with E-state index < -0.39 is 0 Å². The molecule has 0 aromatic heterocycles. The number of nitrogens with one attached hydrogen (secondary N) is 1. The maximum atomic E-state index is 13.7. The predicted molar refractivity (Wildman–Crippen MR) is 82.5 cm³/mol. The zero-order valence-corrected chi connectivity index (χ0v) is 12.6. The van der Waals surface area contributed by atoms with Crippen molar-refractivity contribution in [2.75, 3.05) is 30.3 Å². The van der Waals surface area contributed by atoms with Crippen LogP contribution in [0.4, 0.5) is 10.1 Å². The van der Waals surface area contributed by atoms with E-state index >= 15 is 0 Å². The number of halogens is 1. The van der Waals surface area contributed by atoms with Gasteiger partial charge in [-0.3, -0.25) is 0 Å². The zero-order chi connectivity index (χ0) is 13.7. The van der Waals surface area contributed by atoms with E-state index in [0.29, 0.717) is 5.25 Å². The minimum absolute atomic E-state index is 0.128. The Kier molecular flexibility index (Phi) is 5.52. The molecule has 1 aliphatic rings. The van der Waals surface area contributed by atoms with Crippen molar-refractivity contribution in [3.8, 4) is 0 Å². The van der Waals surface area contributed by atoms with Crippen molar-refractivity contribution in [1.82, 2.24) is 5.32 Å². The fraction of sp³-hybridized carbons (Fsp3) is 0.600. The van der Waals surface area contributed by atoms with Crippen molar-refractivity contribution in [3.05, 3.63) is 29.6 Å². The van der Waals surface area contributed by atoms with Gasteiger partial charge in [-0.25, -0.2) is 4.39 Å². The van der Waals surface area contributed by atoms with E-state index in [1.165, 1.54) is 0 Å². The van der Waals surface area contributed by atoms with E-state index in [0.717, 1.165) is 49.6 Å². The Bertz CT molecular complexity index is 411. The first-order valence-corrected chi connectivity index (χ1v) is 8.10. The van der Waals surface area contributed by atoms with Gasteiger partial charge < -0.3 is 10.2 Å². The van der Waals surface area contributed by atoms with Crippen LogP contribution >= 0.6 is 11.8 Å². The summed E-state index contributed by atoms with van der Waals surface area (Å²) in [5, 5.41) is 3.95. The summed E-state index contributed by atoms with van der Waals surface area (Å²) in [6.07, 6.45) is 1.10. The molecule has 1 saturated heterocycles. The average molecular weight is 282 g/mol. The van der Waals surface area contributed by atoms with Gasteiger partial charge in [0.05, 0.1) is 0 Å². The number of anilines is 1. The SMILES string of the molecule is CCCNCc1cc(F)cc(N2CCSC(C)C2)c1. The van der Waals surface area contributed by atoms with E-state index in [1.54, 1.807) is 12.1 Å². The molecule has 0 amide bonds. The third kappa shape index (κ3) is 4.39. The lowest BCUT2D eigenvalue weighted by Crippen LogP contribution is -2.36. The fourth-order valence-corrected chi connectivity index (χ4v) is 3.39. The molecule has 1 aromatic rings. The van der Waals surface area contributed by atoms with Crippen LogP contribution in [0.1, 0.15) is 25.8 Å². The number of hydrogen-bond donors (Lipinski definition) is 1. The van der Waals surface area contributed by atoms with Crippen molar-refractivity contribution in [2.24, 2.45) is 0 Å². The van der Waals surface area contributed by atoms with Gasteiger partial charge in [-0.1, -0.05) is 13.8 Å². The van der Waals surface area contributed by atoms with Crippen LogP contribution in [0.3, 0.4) is 0 Å². The molecule has 1 unspecified atom stereocenters. The maximum absolute atomic E-state index is 13.7. The van der Waals surface area contributed by atoms with E-state index in [2.05, 4.69) is 30.1 Å². The van der Waals surface area contributed by atoms with Crippen molar-refractivity contribution >= 4 is 17.4 Å². The Hall–Kier alpha value is -0.740. The highest BCUT2D eigenvalue weighted by molar-refractivity contribution is 8.00. The molecule has 0 radical (unpaired) electrons. The summed E-state index contributed by atoms with van der Waals surface area (Å²) < 4.78 is 13.7.